The summed E-state index contributed by atoms with van der Waals surface area (Å²) in [5.41, 5.74) is -0.981. The van der Waals surface area contributed by atoms with Crippen LogP contribution in [0.15, 0.2) is 12.2 Å². The molecule has 7 fully saturated rings. The minimum Gasteiger partial charge on any atom is -0.459 e. The maximum Gasteiger partial charge on any atom is 0.309 e. The Morgan fingerprint density at radius 2 is 1.66 bits per heavy atom. The summed E-state index contributed by atoms with van der Waals surface area (Å²) >= 11 is 0. The number of carbonyl (C=O) groups excluding carboxylic acids is 1. The fourth-order valence-corrected chi connectivity index (χ4v) is 10.6. The lowest BCUT2D eigenvalue weighted by molar-refractivity contribution is -0.234. The van der Waals surface area contributed by atoms with Gasteiger partial charge < -0.3 is 9.84 Å². The molecule has 29 heavy (non-hydrogen) atoms. The number of aliphatic hydroxyl groups is 1. The number of carbonyl (C=O) groups is 1. The Morgan fingerprint density at radius 3 is 2.34 bits per heavy atom. The summed E-state index contributed by atoms with van der Waals surface area (Å²) in [5, 5.41) is 11.2. The van der Waals surface area contributed by atoms with Crippen molar-refractivity contribution in [2.45, 2.75) is 82.8 Å². The summed E-state index contributed by atoms with van der Waals surface area (Å²) in [6.07, 6.45) is 14.9. The molecule has 9 atom stereocenters. The van der Waals surface area contributed by atoms with Gasteiger partial charge in [-0.15, -0.1) is 0 Å². The molecule has 8 rings (SSSR count). The standard InChI is InChI=1S/C26H36O3/c1-24(2,25-9-14-5-15(10-25)12-26(28,11-14)13-25)29-23(27)20-8-18-7-19(20)22-17-4-3-16(6-17)21(18)22/h3-4,14-22,28H,5-13H2,1-2H3. The Balaban J connectivity index is 1.12. The first-order valence-corrected chi connectivity index (χ1v) is 12.4. The van der Waals surface area contributed by atoms with E-state index < -0.39 is 11.2 Å². The lowest BCUT2D eigenvalue weighted by Crippen LogP contribution is -2.63. The second kappa shape index (κ2) is 5.31. The molecule has 9 unspecified atom stereocenters. The van der Waals surface area contributed by atoms with E-state index in [1.54, 1.807) is 0 Å². The Morgan fingerprint density at radius 1 is 0.966 bits per heavy atom. The van der Waals surface area contributed by atoms with Crippen LogP contribution in [0.25, 0.3) is 0 Å². The topological polar surface area (TPSA) is 46.5 Å². The zero-order chi connectivity index (χ0) is 19.8. The van der Waals surface area contributed by atoms with Gasteiger partial charge in [0.05, 0.1) is 11.5 Å². The van der Waals surface area contributed by atoms with E-state index in [-0.39, 0.29) is 17.3 Å². The predicted octanol–water partition coefficient (Wildman–Crippen LogP) is 4.73. The lowest BCUT2D eigenvalue weighted by atomic mass is 9.44. The smallest absolute Gasteiger partial charge is 0.309 e. The monoisotopic (exact) mass is 396 g/mol. The van der Waals surface area contributed by atoms with Gasteiger partial charge in [-0.3, -0.25) is 4.79 Å². The van der Waals surface area contributed by atoms with Crippen molar-refractivity contribution in [3.63, 3.8) is 0 Å². The minimum absolute atomic E-state index is 0.0171. The third-order valence-electron chi connectivity index (χ3n) is 11.2. The highest BCUT2D eigenvalue weighted by Crippen LogP contribution is 2.68. The largest absolute Gasteiger partial charge is 0.459 e. The zero-order valence-electron chi connectivity index (χ0n) is 18.0. The number of allylic oxidation sites excluding steroid dienone is 2. The van der Waals surface area contributed by atoms with Crippen LogP contribution in [0.4, 0.5) is 0 Å². The first kappa shape index (κ1) is 17.8. The minimum atomic E-state index is -0.497. The van der Waals surface area contributed by atoms with Crippen molar-refractivity contribution >= 4 is 5.97 Å². The van der Waals surface area contributed by atoms with Gasteiger partial charge in [-0.05, 0) is 119 Å². The summed E-state index contributed by atoms with van der Waals surface area (Å²) in [6, 6.07) is 0. The first-order valence-electron chi connectivity index (χ1n) is 12.4. The van der Waals surface area contributed by atoms with Gasteiger partial charge in [0, 0.05) is 5.41 Å². The van der Waals surface area contributed by atoms with Crippen molar-refractivity contribution in [2.24, 2.45) is 58.7 Å². The van der Waals surface area contributed by atoms with Crippen LogP contribution in [0.5, 0.6) is 0 Å². The van der Waals surface area contributed by atoms with E-state index >= 15 is 0 Å². The van der Waals surface area contributed by atoms with Crippen LogP contribution in [0.2, 0.25) is 0 Å². The molecule has 8 bridgehead atoms. The van der Waals surface area contributed by atoms with Gasteiger partial charge in [0.25, 0.3) is 0 Å². The maximum atomic E-state index is 13.5. The highest BCUT2D eigenvalue weighted by molar-refractivity contribution is 5.74. The van der Waals surface area contributed by atoms with Crippen molar-refractivity contribution < 1.29 is 14.6 Å². The van der Waals surface area contributed by atoms with Gasteiger partial charge in [0.1, 0.15) is 5.60 Å². The van der Waals surface area contributed by atoms with Crippen molar-refractivity contribution in [1.82, 2.24) is 0 Å². The molecule has 3 nitrogen and oxygen atoms in total. The molecule has 0 spiro atoms. The van der Waals surface area contributed by atoms with E-state index in [1.165, 1.54) is 19.3 Å². The summed E-state index contributed by atoms with van der Waals surface area (Å²) < 4.78 is 6.46. The number of esters is 1. The molecule has 8 aliphatic carbocycles. The molecule has 0 amide bonds. The molecule has 7 saturated carbocycles. The van der Waals surface area contributed by atoms with Crippen LogP contribution in [-0.4, -0.2) is 22.3 Å². The molecular formula is C26H36O3. The average Bonchev–Trinajstić information content (AvgIpc) is 3.38. The Labute approximate surface area is 174 Å². The number of hydrogen-bond acceptors (Lipinski definition) is 3. The summed E-state index contributed by atoms with van der Waals surface area (Å²) in [4.78, 5) is 13.5. The van der Waals surface area contributed by atoms with Gasteiger partial charge in [-0.2, -0.15) is 0 Å². The van der Waals surface area contributed by atoms with Gasteiger partial charge in [0.15, 0.2) is 0 Å². The van der Waals surface area contributed by atoms with Gasteiger partial charge in [-0.25, -0.2) is 0 Å². The van der Waals surface area contributed by atoms with Crippen LogP contribution in [0.3, 0.4) is 0 Å². The molecule has 1 N–H and O–H groups in total. The molecule has 0 aromatic rings. The first-order chi connectivity index (χ1) is 13.8. The molecule has 0 radical (unpaired) electrons. The molecular weight excluding hydrogens is 360 g/mol. The van der Waals surface area contributed by atoms with Gasteiger partial charge in [-0.1, -0.05) is 12.2 Å². The van der Waals surface area contributed by atoms with Crippen LogP contribution in [0.1, 0.15) is 71.6 Å². The fourth-order valence-electron chi connectivity index (χ4n) is 10.6. The molecule has 0 heterocycles. The molecule has 0 aliphatic heterocycles. The number of hydrogen-bond donors (Lipinski definition) is 1. The summed E-state index contributed by atoms with van der Waals surface area (Å²) in [7, 11) is 0. The van der Waals surface area contributed by atoms with E-state index in [0.717, 1.165) is 68.1 Å². The van der Waals surface area contributed by atoms with E-state index in [2.05, 4.69) is 26.0 Å². The van der Waals surface area contributed by atoms with Gasteiger partial charge >= 0.3 is 5.97 Å². The van der Waals surface area contributed by atoms with Crippen molar-refractivity contribution in [3.05, 3.63) is 12.2 Å². The normalized spacial score (nSPS) is 58.2. The van der Waals surface area contributed by atoms with E-state index in [9.17, 15) is 9.90 Å². The fraction of sp³-hybridized carbons (Fsp3) is 0.885. The van der Waals surface area contributed by atoms with Crippen molar-refractivity contribution in [1.29, 1.82) is 0 Å². The zero-order valence-corrected chi connectivity index (χ0v) is 18.0. The Kier molecular flexibility index (Phi) is 3.26. The number of rotatable bonds is 3. The quantitative estimate of drug-likeness (QED) is 0.426. The molecule has 0 aromatic carbocycles. The molecule has 0 aromatic heterocycles. The number of ether oxygens (including phenoxy) is 1. The highest BCUT2D eigenvalue weighted by Gasteiger charge is 2.65. The molecule has 158 valence electrons. The lowest BCUT2D eigenvalue weighted by Gasteiger charge is -2.64. The predicted molar refractivity (Wildman–Crippen MR) is 110 cm³/mol. The molecule has 3 heteroatoms. The Bertz CT molecular complexity index is 782. The summed E-state index contributed by atoms with van der Waals surface area (Å²) in [6.45, 7) is 4.33. The number of fused-ring (bicyclic) bond motifs is 9. The third kappa shape index (κ3) is 2.21. The van der Waals surface area contributed by atoms with Crippen molar-refractivity contribution in [2.75, 3.05) is 0 Å². The maximum absolute atomic E-state index is 13.5. The highest BCUT2D eigenvalue weighted by atomic mass is 16.6. The van der Waals surface area contributed by atoms with Crippen LogP contribution in [0, 0.1) is 58.7 Å². The van der Waals surface area contributed by atoms with Crippen LogP contribution < -0.4 is 0 Å². The van der Waals surface area contributed by atoms with Crippen molar-refractivity contribution in [3.8, 4) is 0 Å². The van der Waals surface area contributed by atoms with E-state index in [1.807, 2.05) is 0 Å². The average molecular weight is 397 g/mol. The second-order valence-corrected chi connectivity index (χ2v) is 13.0. The SMILES string of the molecule is CC(C)(OC(=O)C1CC2CC1C1C3C=CC(C3)C21)C12CC3CC(CC(O)(C3)C1)C2. The molecule has 0 saturated heterocycles. The third-order valence-corrected chi connectivity index (χ3v) is 11.2. The van der Waals surface area contributed by atoms with Crippen LogP contribution in [-0.2, 0) is 9.53 Å². The van der Waals surface area contributed by atoms with E-state index in [4.69, 9.17) is 4.74 Å². The van der Waals surface area contributed by atoms with Crippen LogP contribution >= 0.6 is 0 Å². The molecule has 8 aliphatic rings. The van der Waals surface area contributed by atoms with Gasteiger partial charge in [0.2, 0.25) is 0 Å². The van der Waals surface area contributed by atoms with E-state index in [0.29, 0.717) is 17.8 Å². The second-order valence-electron chi connectivity index (χ2n) is 13.0. The Hall–Kier alpha value is -0.830. The summed E-state index contributed by atoms with van der Waals surface area (Å²) in [5.74, 6) is 5.96.